The lowest BCUT2D eigenvalue weighted by molar-refractivity contribution is 0.101. The molecule has 0 atom stereocenters. The molecule has 23 heavy (non-hydrogen) atoms. The second kappa shape index (κ2) is 5.77. The van der Waals surface area contributed by atoms with Crippen molar-refractivity contribution in [2.45, 2.75) is 40.7 Å². The molecule has 0 spiro atoms. The molecule has 120 valence electrons. The Morgan fingerprint density at radius 2 is 1.87 bits per heavy atom. The number of hydrogen-bond donors (Lipinski definition) is 1. The minimum atomic E-state index is -0.174. The van der Waals surface area contributed by atoms with E-state index in [9.17, 15) is 4.79 Å². The number of amides is 1. The summed E-state index contributed by atoms with van der Waals surface area (Å²) in [5.41, 5.74) is 4.74. The van der Waals surface area contributed by atoms with Gasteiger partial charge in [-0.25, -0.2) is 4.98 Å². The van der Waals surface area contributed by atoms with E-state index in [1.54, 1.807) is 10.7 Å². The summed E-state index contributed by atoms with van der Waals surface area (Å²) in [5, 5.41) is 7.90. The number of benzene rings is 1. The summed E-state index contributed by atoms with van der Waals surface area (Å²) in [6, 6.07) is 6.10. The first kappa shape index (κ1) is 15.7. The second-order valence-corrected chi connectivity index (χ2v) is 7.12. The standard InChI is InChI=1S/C17H20N4OS/c1-9(2)21-14(8-12(5)20-21)16(22)19-17-18-13-6-10(3)11(4)7-15(13)23-17/h6-9H,1-5H3,(H,18,19,22). The van der Waals surface area contributed by atoms with Crippen LogP contribution in [0.5, 0.6) is 0 Å². The molecule has 1 aromatic carbocycles. The van der Waals surface area contributed by atoms with Gasteiger partial charge in [0.1, 0.15) is 5.69 Å². The summed E-state index contributed by atoms with van der Waals surface area (Å²) < 4.78 is 2.82. The van der Waals surface area contributed by atoms with Crippen LogP contribution in [0.15, 0.2) is 18.2 Å². The van der Waals surface area contributed by atoms with Crippen molar-refractivity contribution in [1.82, 2.24) is 14.8 Å². The molecule has 1 amide bonds. The predicted molar refractivity (Wildman–Crippen MR) is 94.4 cm³/mol. The highest BCUT2D eigenvalue weighted by Gasteiger charge is 2.17. The van der Waals surface area contributed by atoms with Crippen LogP contribution in [-0.2, 0) is 0 Å². The van der Waals surface area contributed by atoms with Gasteiger partial charge in [-0.05, 0) is 63.9 Å². The van der Waals surface area contributed by atoms with E-state index in [2.05, 4.69) is 41.4 Å². The molecule has 6 heteroatoms. The average molecular weight is 328 g/mol. The highest BCUT2D eigenvalue weighted by molar-refractivity contribution is 7.22. The molecular formula is C17H20N4OS. The van der Waals surface area contributed by atoms with E-state index in [0.29, 0.717) is 10.8 Å². The van der Waals surface area contributed by atoms with E-state index in [1.807, 2.05) is 20.8 Å². The van der Waals surface area contributed by atoms with Crippen molar-refractivity contribution < 1.29 is 4.79 Å². The summed E-state index contributed by atoms with van der Waals surface area (Å²) in [6.07, 6.45) is 0. The molecule has 5 nitrogen and oxygen atoms in total. The third kappa shape index (κ3) is 2.99. The highest BCUT2D eigenvalue weighted by atomic mass is 32.1. The highest BCUT2D eigenvalue weighted by Crippen LogP contribution is 2.28. The Bertz CT molecular complexity index is 853. The van der Waals surface area contributed by atoms with Gasteiger partial charge in [-0.3, -0.25) is 14.8 Å². The molecule has 0 fully saturated rings. The molecule has 3 rings (SSSR count). The number of aromatic nitrogens is 3. The van der Waals surface area contributed by atoms with Crippen LogP contribution >= 0.6 is 11.3 Å². The van der Waals surface area contributed by atoms with E-state index in [-0.39, 0.29) is 11.9 Å². The summed E-state index contributed by atoms with van der Waals surface area (Å²) in [5.74, 6) is -0.174. The lowest BCUT2D eigenvalue weighted by atomic mass is 10.1. The van der Waals surface area contributed by atoms with Crippen LogP contribution in [0.4, 0.5) is 5.13 Å². The fourth-order valence-corrected chi connectivity index (χ4v) is 3.42. The molecule has 0 aliphatic rings. The van der Waals surface area contributed by atoms with Gasteiger partial charge < -0.3 is 0 Å². The van der Waals surface area contributed by atoms with Gasteiger partial charge in [0.05, 0.1) is 15.9 Å². The second-order valence-electron chi connectivity index (χ2n) is 6.09. The Kier molecular flexibility index (Phi) is 3.93. The lowest BCUT2D eigenvalue weighted by Crippen LogP contribution is -2.18. The van der Waals surface area contributed by atoms with Gasteiger partial charge in [0.15, 0.2) is 5.13 Å². The maximum absolute atomic E-state index is 12.6. The van der Waals surface area contributed by atoms with Gasteiger partial charge in [-0.2, -0.15) is 5.10 Å². The maximum Gasteiger partial charge on any atom is 0.275 e. The largest absolute Gasteiger partial charge is 0.296 e. The van der Waals surface area contributed by atoms with Crippen LogP contribution in [0.2, 0.25) is 0 Å². The first-order chi connectivity index (χ1) is 10.8. The summed E-state index contributed by atoms with van der Waals surface area (Å²) in [7, 11) is 0. The van der Waals surface area contributed by atoms with Crippen molar-refractivity contribution >= 4 is 32.6 Å². The summed E-state index contributed by atoms with van der Waals surface area (Å²) in [6.45, 7) is 10.0. The number of fused-ring (bicyclic) bond motifs is 1. The number of nitrogens with one attached hydrogen (secondary N) is 1. The predicted octanol–water partition coefficient (Wildman–Crippen LogP) is 4.25. The van der Waals surface area contributed by atoms with E-state index >= 15 is 0 Å². The molecule has 0 unspecified atom stereocenters. The van der Waals surface area contributed by atoms with Gasteiger partial charge in [-0.15, -0.1) is 0 Å². The molecule has 0 bridgehead atoms. The summed E-state index contributed by atoms with van der Waals surface area (Å²) in [4.78, 5) is 17.1. The van der Waals surface area contributed by atoms with Crippen molar-refractivity contribution in [3.8, 4) is 0 Å². The average Bonchev–Trinajstić information content (AvgIpc) is 3.02. The molecule has 0 aliphatic heterocycles. The zero-order valence-electron chi connectivity index (χ0n) is 14.0. The number of anilines is 1. The Balaban J connectivity index is 1.91. The van der Waals surface area contributed by atoms with Gasteiger partial charge in [0.25, 0.3) is 5.91 Å². The van der Waals surface area contributed by atoms with E-state index in [1.165, 1.54) is 22.5 Å². The maximum atomic E-state index is 12.6. The SMILES string of the molecule is Cc1cc(C(=O)Nc2nc3cc(C)c(C)cc3s2)n(C(C)C)n1. The molecule has 0 saturated heterocycles. The van der Waals surface area contributed by atoms with Crippen LogP contribution in [-0.4, -0.2) is 20.7 Å². The van der Waals surface area contributed by atoms with E-state index in [4.69, 9.17) is 0 Å². The molecule has 2 aromatic heterocycles. The van der Waals surface area contributed by atoms with Gasteiger partial charge in [0, 0.05) is 6.04 Å². The zero-order valence-corrected chi connectivity index (χ0v) is 14.8. The van der Waals surface area contributed by atoms with Crippen LogP contribution < -0.4 is 5.32 Å². The van der Waals surface area contributed by atoms with Gasteiger partial charge >= 0.3 is 0 Å². The van der Waals surface area contributed by atoms with Crippen LogP contribution in [0.25, 0.3) is 10.2 Å². The van der Waals surface area contributed by atoms with Gasteiger partial charge in [-0.1, -0.05) is 11.3 Å². The van der Waals surface area contributed by atoms with Crippen molar-refractivity contribution in [2.24, 2.45) is 0 Å². The number of carbonyl (C=O) groups excluding carboxylic acids is 1. The Morgan fingerprint density at radius 1 is 1.17 bits per heavy atom. The Hall–Kier alpha value is -2.21. The number of nitrogens with zero attached hydrogens (tertiary/aromatic N) is 3. The molecule has 0 aliphatic carbocycles. The minimum absolute atomic E-state index is 0.130. The van der Waals surface area contributed by atoms with Crippen molar-refractivity contribution in [1.29, 1.82) is 0 Å². The Morgan fingerprint density at radius 3 is 2.57 bits per heavy atom. The third-order valence-electron chi connectivity index (χ3n) is 3.80. The number of hydrogen-bond acceptors (Lipinski definition) is 4. The quantitative estimate of drug-likeness (QED) is 0.782. The Labute approximate surface area is 139 Å². The smallest absolute Gasteiger partial charge is 0.275 e. The van der Waals surface area contributed by atoms with Crippen LogP contribution in [0, 0.1) is 20.8 Å². The number of carbonyl (C=O) groups is 1. The molecule has 0 radical (unpaired) electrons. The fourth-order valence-electron chi connectivity index (χ4n) is 2.47. The topological polar surface area (TPSA) is 59.8 Å². The molecule has 1 N–H and O–H groups in total. The minimum Gasteiger partial charge on any atom is -0.296 e. The number of aryl methyl sites for hydroxylation is 3. The summed E-state index contributed by atoms with van der Waals surface area (Å²) >= 11 is 1.49. The third-order valence-corrected chi connectivity index (χ3v) is 4.74. The number of thiazole rings is 1. The fraction of sp³-hybridized carbons (Fsp3) is 0.353. The first-order valence-electron chi connectivity index (χ1n) is 7.60. The van der Waals surface area contributed by atoms with Crippen molar-refractivity contribution in [3.05, 3.63) is 40.7 Å². The normalized spacial score (nSPS) is 11.4. The first-order valence-corrected chi connectivity index (χ1v) is 8.42. The molecule has 2 heterocycles. The molecule has 3 aromatic rings. The molecule has 0 saturated carbocycles. The van der Waals surface area contributed by atoms with E-state index < -0.39 is 0 Å². The van der Waals surface area contributed by atoms with Crippen molar-refractivity contribution in [2.75, 3.05) is 5.32 Å². The monoisotopic (exact) mass is 328 g/mol. The van der Waals surface area contributed by atoms with Gasteiger partial charge in [0.2, 0.25) is 0 Å². The lowest BCUT2D eigenvalue weighted by Gasteiger charge is -2.09. The molecular weight excluding hydrogens is 308 g/mol. The van der Waals surface area contributed by atoms with Crippen molar-refractivity contribution in [3.63, 3.8) is 0 Å². The zero-order chi connectivity index (χ0) is 16.7. The number of rotatable bonds is 3. The van der Waals surface area contributed by atoms with E-state index in [0.717, 1.165) is 15.9 Å². The van der Waals surface area contributed by atoms with Crippen LogP contribution in [0.1, 0.15) is 47.2 Å². The van der Waals surface area contributed by atoms with Crippen LogP contribution in [0.3, 0.4) is 0 Å².